The molecule has 1 amide bonds. The predicted molar refractivity (Wildman–Crippen MR) is 105 cm³/mol. The van der Waals surface area contributed by atoms with E-state index in [1.165, 1.54) is 11.8 Å². The van der Waals surface area contributed by atoms with Gasteiger partial charge >= 0.3 is 0 Å². The molecule has 0 aliphatic heterocycles. The van der Waals surface area contributed by atoms with Gasteiger partial charge in [0.1, 0.15) is 5.75 Å². The third-order valence-electron chi connectivity index (χ3n) is 3.76. The highest BCUT2D eigenvalue weighted by Gasteiger charge is 2.17. The van der Waals surface area contributed by atoms with E-state index >= 15 is 0 Å². The van der Waals surface area contributed by atoms with Crippen LogP contribution in [0.5, 0.6) is 5.75 Å². The van der Waals surface area contributed by atoms with Crippen LogP contribution in [0.1, 0.15) is 0 Å². The molecule has 0 saturated carbocycles. The summed E-state index contributed by atoms with van der Waals surface area (Å²) >= 11 is 1.29. The van der Waals surface area contributed by atoms with Crippen LogP contribution in [0, 0.1) is 0 Å². The third kappa shape index (κ3) is 4.53. The molecule has 27 heavy (non-hydrogen) atoms. The van der Waals surface area contributed by atoms with E-state index in [1.807, 2.05) is 54.6 Å². The predicted octanol–water partition coefficient (Wildman–Crippen LogP) is 2.98. The normalized spacial score (nSPS) is 10.4. The van der Waals surface area contributed by atoms with E-state index in [4.69, 9.17) is 4.74 Å². The molecule has 7 nitrogen and oxygen atoms in total. The van der Waals surface area contributed by atoms with Gasteiger partial charge < -0.3 is 9.64 Å². The molecular weight excluding hydrogens is 362 g/mol. The fourth-order valence-electron chi connectivity index (χ4n) is 2.45. The summed E-state index contributed by atoms with van der Waals surface area (Å²) in [4.78, 5) is 14.4. The van der Waals surface area contributed by atoms with E-state index in [9.17, 15) is 4.79 Å². The number of carbonyl (C=O) groups is 1. The van der Waals surface area contributed by atoms with E-state index in [2.05, 4.69) is 22.1 Å². The van der Waals surface area contributed by atoms with Gasteiger partial charge in [-0.25, -0.2) is 0 Å². The van der Waals surface area contributed by atoms with Crippen LogP contribution < -0.4 is 9.64 Å². The summed E-state index contributed by atoms with van der Waals surface area (Å²) < 4.78 is 6.76. The Morgan fingerprint density at radius 1 is 1.22 bits per heavy atom. The molecule has 138 valence electrons. The maximum atomic E-state index is 12.7. The summed E-state index contributed by atoms with van der Waals surface area (Å²) in [5.41, 5.74) is 1.62. The molecule has 0 N–H and O–H groups in total. The second-order valence-electron chi connectivity index (χ2n) is 5.49. The number of hydrogen-bond acceptors (Lipinski definition) is 6. The van der Waals surface area contributed by atoms with Crippen LogP contribution >= 0.6 is 11.8 Å². The quantitative estimate of drug-likeness (QED) is 0.441. The Morgan fingerprint density at radius 3 is 2.63 bits per heavy atom. The van der Waals surface area contributed by atoms with Crippen molar-refractivity contribution < 1.29 is 9.53 Å². The van der Waals surface area contributed by atoms with E-state index in [-0.39, 0.29) is 11.7 Å². The first-order valence-electron chi connectivity index (χ1n) is 8.25. The van der Waals surface area contributed by atoms with Gasteiger partial charge in [0, 0.05) is 12.2 Å². The summed E-state index contributed by atoms with van der Waals surface area (Å²) in [7, 11) is 1.61. The first-order valence-corrected chi connectivity index (χ1v) is 9.23. The monoisotopic (exact) mass is 381 g/mol. The highest BCUT2D eigenvalue weighted by Crippen LogP contribution is 2.22. The molecule has 2 aromatic carbocycles. The number of methoxy groups -OCH3 is 1. The molecule has 3 rings (SSSR count). The lowest BCUT2D eigenvalue weighted by Crippen LogP contribution is -2.32. The zero-order valence-electron chi connectivity index (χ0n) is 14.9. The van der Waals surface area contributed by atoms with Crippen molar-refractivity contribution in [1.82, 2.24) is 20.2 Å². The number of nitrogens with zero attached hydrogens (tertiary/aromatic N) is 5. The van der Waals surface area contributed by atoms with Crippen LogP contribution in [0.4, 0.5) is 5.69 Å². The van der Waals surface area contributed by atoms with Gasteiger partial charge in [-0.1, -0.05) is 36.0 Å². The molecule has 0 radical (unpaired) electrons. The molecule has 0 fully saturated rings. The summed E-state index contributed by atoms with van der Waals surface area (Å²) in [6.45, 7) is 4.18. The molecule has 0 saturated heterocycles. The Labute approximate surface area is 161 Å². The van der Waals surface area contributed by atoms with Gasteiger partial charge in [-0.05, 0) is 46.8 Å². The Bertz CT molecular complexity index is 896. The number of benzene rings is 2. The molecule has 3 aromatic rings. The summed E-state index contributed by atoms with van der Waals surface area (Å²) in [6.07, 6.45) is 1.71. The lowest BCUT2D eigenvalue weighted by molar-refractivity contribution is -0.116. The number of hydrogen-bond donors (Lipinski definition) is 0. The number of tetrazole rings is 1. The maximum Gasteiger partial charge on any atom is 0.237 e. The molecule has 1 aromatic heterocycles. The first-order chi connectivity index (χ1) is 13.2. The standard InChI is InChI=1S/C19H19N5O2S/c1-3-13-23(15-7-5-4-6-8-15)18(25)14-27-19-20-21-22-24(19)16-9-11-17(26-2)12-10-16/h3-12H,1,13-14H2,2H3. The molecule has 0 aliphatic rings. The molecule has 0 bridgehead atoms. The molecule has 0 spiro atoms. The van der Waals surface area contributed by atoms with Crippen molar-refractivity contribution >= 4 is 23.4 Å². The fraction of sp³-hybridized carbons (Fsp3) is 0.158. The number of thioether (sulfide) groups is 1. The lowest BCUT2D eigenvalue weighted by Gasteiger charge is -2.20. The summed E-state index contributed by atoms with van der Waals surface area (Å²) in [6, 6.07) is 16.9. The molecule has 0 unspecified atom stereocenters. The van der Waals surface area contributed by atoms with Gasteiger partial charge in [0.15, 0.2) is 0 Å². The minimum atomic E-state index is -0.0459. The second-order valence-corrected chi connectivity index (χ2v) is 6.43. The van der Waals surface area contributed by atoms with Crippen molar-refractivity contribution in [3.8, 4) is 11.4 Å². The van der Waals surface area contributed by atoms with Crippen LogP contribution in [-0.2, 0) is 4.79 Å². The van der Waals surface area contributed by atoms with Gasteiger partial charge in [-0.15, -0.1) is 11.7 Å². The lowest BCUT2D eigenvalue weighted by atomic mass is 10.3. The summed E-state index contributed by atoms with van der Waals surface area (Å²) in [5, 5.41) is 12.3. The molecule has 8 heteroatoms. The van der Waals surface area contributed by atoms with Gasteiger partial charge in [-0.3, -0.25) is 4.79 Å². The van der Waals surface area contributed by atoms with Gasteiger partial charge in [0.2, 0.25) is 11.1 Å². The number of rotatable bonds is 8. The highest BCUT2D eigenvalue weighted by atomic mass is 32.2. The number of ether oxygens (including phenoxy) is 1. The number of anilines is 1. The van der Waals surface area contributed by atoms with Gasteiger partial charge in [-0.2, -0.15) is 4.68 Å². The Hall–Kier alpha value is -3.13. The fourth-order valence-corrected chi connectivity index (χ4v) is 3.21. The van der Waals surface area contributed by atoms with Crippen LogP contribution in [0.15, 0.2) is 72.4 Å². The van der Waals surface area contributed by atoms with Crippen molar-refractivity contribution in [3.63, 3.8) is 0 Å². The zero-order chi connectivity index (χ0) is 19.1. The average Bonchev–Trinajstić information content (AvgIpc) is 3.19. The molecule has 0 aliphatic carbocycles. The number of aromatic nitrogens is 4. The summed E-state index contributed by atoms with van der Waals surface area (Å²) in [5.74, 6) is 0.911. The van der Waals surface area contributed by atoms with E-state index in [0.29, 0.717) is 11.7 Å². The minimum absolute atomic E-state index is 0.0459. The van der Waals surface area contributed by atoms with Crippen molar-refractivity contribution in [2.75, 3.05) is 24.3 Å². The van der Waals surface area contributed by atoms with Crippen LogP contribution in [-0.4, -0.2) is 45.5 Å². The first kappa shape index (κ1) is 18.7. The average molecular weight is 381 g/mol. The third-order valence-corrected chi connectivity index (χ3v) is 4.67. The van der Waals surface area contributed by atoms with Crippen molar-refractivity contribution in [2.45, 2.75) is 5.16 Å². The van der Waals surface area contributed by atoms with Crippen molar-refractivity contribution in [3.05, 3.63) is 67.3 Å². The number of para-hydroxylation sites is 1. The van der Waals surface area contributed by atoms with Gasteiger partial charge in [0.05, 0.1) is 18.6 Å². The minimum Gasteiger partial charge on any atom is -0.497 e. The smallest absolute Gasteiger partial charge is 0.237 e. The van der Waals surface area contributed by atoms with Crippen LogP contribution in [0.3, 0.4) is 0 Å². The van der Waals surface area contributed by atoms with Crippen molar-refractivity contribution in [1.29, 1.82) is 0 Å². The molecule has 1 heterocycles. The van der Waals surface area contributed by atoms with E-state index < -0.39 is 0 Å². The Balaban J connectivity index is 1.72. The van der Waals surface area contributed by atoms with Crippen molar-refractivity contribution in [2.24, 2.45) is 0 Å². The highest BCUT2D eigenvalue weighted by molar-refractivity contribution is 7.99. The Morgan fingerprint density at radius 2 is 1.96 bits per heavy atom. The molecule has 0 atom stereocenters. The maximum absolute atomic E-state index is 12.7. The van der Waals surface area contributed by atoms with E-state index in [1.54, 1.807) is 22.8 Å². The molecular formula is C19H19N5O2S. The second kappa shape index (κ2) is 9.00. The van der Waals surface area contributed by atoms with Crippen LogP contribution in [0.2, 0.25) is 0 Å². The Kier molecular flexibility index (Phi) is 6.22. The van der Waals surface area contributed by atoms with E-state index in [0.717, 1.165) is 17.1 Å². The number of amides is 1. The topological polar surface area (TPSA) is 73.1 Å². The SMILES string of the molecule is C=CCN(C(=O)CSc1nnnn1-c1ccc(OC)cc1)c1ccccc1. The number of carbonyl (C=O) groups excluding carboxylic acids is 1. The van der Waals surface area contributed by atoms with Gasteiger partial charge in [0.25, 0.3) is 0 Å². The zero-order valence-corrected chi connectivity index (χ0v) is 15.7. The largest absolute Gasteiger partial charge is 0.497 e. The van der Waals surface area contributed by atoms with Crippen LogP contribution in [0.25, 0.3) is 5.69 Å².